The smallest absolute Gasteiger partial charge is 0.268 e. The fourth-order valence-electron chi connectivity index (χ4n) is 2.46. The molecule has 4 rings (SSSR count). The van der Waals surface area contributed by atoms with E-state index in [0.717, 1.165) is 11.1 Å². The van der Waals surface area contributed by atoms with E-state index in [2.05, 4.69) is 25.1 Å². The van der Waals surface area contributed by atoms with Gasteiger partial charge in [0.2, 0.25) is 11.8 Å². The average molecular weight is 347 g/mol. The number of hydrogen-bond acceptors (Lipinski definition) is 7. The van der Waals surface area contributed by atoms with Crippen molar-refractivity contribution in [2.24, 2.45) is 0 Å². The summed E-state index contributed by atoms with van der Waals surface area (Å²) in [7, 11) is 1.58. The van der Waals surface area contributed by atoms with Crippen LogP contribution in [0.1, 0.15) is 7.12 Å². The largest absolute Gasteiger partial charge is 0.481 e. The molecule has 7 heteroatoms. The lowest BCUT2D eigenvalue weighted by Crippen LogP contribution is -1.96. The van der Waals surface area contributed by atoms with Gasteiger partial charge in [0.25, 0.3) is 5.89 Å². The molecule has 4 aromatic rings. The zero-order valence-corrected chi connectivity index (χ0v) is 14.2. The Bertz CT molecular complexity index is 1040. The number of rotatable bonds is 4. The van der Waals surface area contributed by atoms with Gasteiger partial charge in [0, 0.05) is 24.8 Å². The SMILES string of the molecule is COc1ccc(-c2cnc(C)c(-c3nnc(-c4ccccc4)o3)n2)cn1.[HH]. The number of benzene rings is 1. The normalized spacial score (nSPS) is 10.7. The maximum atomic E-state index is 5.80. The van der Waals surface area contributed by atoms with Crippen molar-refractivity contribution in [2.75, 3.05) is 7.11 Å². The summed E-state index contributed by atoms with van der Waals surface area (Å²) in [5.74, 6) is 1.31. The molecular formula is C19H17N5O2. The van der Waals surface area contributed by atoms with Crippen molar-refractivity contribution in [2.45, 2.75) is 6.92 Å². The standard InChI is InChI=1S/C19H15N5O2.H2/c1-12-17(19-24-23-18(26-19)13-6-4-3-5-7-13)22-15(11-20-12)14-8-9-16(25-2)21-10-14;/h3-11H,1-2H3;1H. The monoisotopic (exact) mass is 347 g/mol. The Hall–Kier alpha value is -3.61. The van der Waals surface area contributed by atoms with Gasteiger partial charge in [-0.3, -0.25) is 4.98 Å². The third-order valence-corrected chi connectivity index (χ3v) is 3.85. The Balaban J connectivity index is 0.00000210. The highest BCUT2D eigenvalue weighted by atomic mass is 16.5. The first-order valence-corrected chi connectivity index (χ1v) is 7.98. The van der Waals surface area contributed by atoms with Gasteiger partial charge >= 0.3 is 0 Å². The Morgan fingerprint density at radius 1 is 0.885 bits per heavy atom. The second-order valence-electron chi connectivity index (χ2n) is 5.56. The van der Waals surface area contributed by atoms with Crippen molar-refractivity contribution < 1.29 is 10.6 Å². The van der Waals surface area contributed by atoms with Crippen LogP contribution in [0, 0.1) is 6.92 Å². The number of ether oxygens (including phenoxy) is 1. The Morgan fingerprint density at radius 3 is 2.42 bits per heavy atom. The fourth-order valence-corrected chi connectivity index (χ4v) is 2.46. The minimum Gasteiger partial charge on any atom is -0.481 e. The van der Waals surface area contributed by atoms with Crippen LogP contribution in [0.4, 0.5) is 0 Å². The topological polar surface area (TPSA) is 86.8 Å². The van der Waals surface area contributed by atoms with E-state index in [1.165, 1.54) is 0 Å². The molecule has 0 atom stereocenters. The van der Waals surface area contributed by atoms with E-state index in [0.29, 0.717) is 34.7 Å². The summed E-state index contributed by atoms with van der Waals surface area (Å²) >= 11 is 0. The molecule has 0 bridgehead atoms. The van der Waals surface area contributed by atoms with Crippen LogP contribution >= 0.6 is 0 Å². The highest BCUT2D eigenvalue weighted by Crippen LogP contribution is 2.26. The molecule has 0 amide bonds. The molecule has 0 N–H and O–H groups in total. The van der Waals surface area contributed by atoms with E-state index in [4.69, 9.17) is 9.15 Å². The average Bonchev–Trinajstić information content (AvgIpc) is 3.19. The third kappa shape index (κ3) is 3.02. The lowest BCUT2D eigenvalue weighted by molar-refractivity contribution is 0.398. The van der Waals surface area contributed by atoms with Crippen molar-refractivity contribution in [1.29, 1.82) is 0 Å². The molecule has 0 aliphatic heterocycles. The number of pyridine rings is 1. The molecule has 0 radical (unpaired) electrons. The van der Waals surface area contributed by atoms with Crippen LogP contribution < -0.4 is 4.74 Å². The van der Waals surface area contributed by atoms with Gasteiger partial charge in [-0.05, 0) is 25.1 Å². The van der Waals surface area contributed by atoms with Crippen molar-refractivity contribution in [3.8, 4) is 40.2 Å². The minimum atomic E-state index is 0. The molecule has 7 nitrogen and oxygen atoms in total. The first-order valence-electron chi connectivity index (χ1n) is 7.98. The highest BCUT2D eigenvalue weighted by molar-refractivity contribution is 5.63. The predicted octanol–water partition coefficient (Wildman–Crippen LogP) is 3.82. The van der Waals surface area contributed by atoms with Crippen LogP contribution in [-0.4, -0.2) is 32.3 Å². The number of methoxy groups -OCH3 is 1. The molecule has 26 heavy (non-hydrogen) atoms. The van der Waals surface area contributed by atoms with Gasteiger partial charge in [-0.25, -0.2) is 9.97 Å². The van der Waals surface area contributed by atoms with Crippen LogP contribution in [-0.2, 0) is 0 Å². The summed E-state index contributed by atoms with van der Waals surface area (Å²) in [6, 6.07) is 13.2. The van der Waals surface area contributed by atoms with Gasteiger partial charge in [0.05, 0.1) is 24.7 Å². The summed E-state index contributed by atoms with van der Waals surface area (Å²) in [6.45, 7) is 1.85. The molecule has 0 saturated carbocycles. The number of aromatic nitrogens is 5. The molecule has 0 aliphatic carbocycles. The van der Waals surface area contributed by atoms with Gasteiger partial charge in [0.15, 0.2) is 0 Å². The molecule has 1 aromatic carbocycles. The maximum absolute atomic E-state index is 5.80. The summed E-state index contributed by atoms with van der Waals surface area (Å²) < 4.78 is 10.9. The van der Waals surface area contributed by atoms with Gasteiger partial charge in [-0.2, -0.15) is 0 Å². The molecule has 0 aliphatic rings. The second-order valence-corrected chi connectivity index (χ2v) is 5.56. The van der Waals surface area contributed by atoms with E-state index in [1.807, 2.05) is 43.3 Å². The van der Waals surface area contributed by atoms with Crippen LogP contribution in [0.2, 0.25) is 0 Å². The highest BCUT2D eigenvalue weighted by Gasteiger charge is 2.16. The number of hydrogen-bond donors (Lipinski definition) is 0. The van der Waals surface area contributed by atoms with Crippen molar-refractivity contribution >= 4 is 0 Å². The van der Waals surface area contributed by atoms with Gasteiger partial charge in [-0.15, -0.1) is 10.2 Å². The fraction of sp³-hybridized carbons (Fsp3) is 0.105. The van der Waals surface area contributed by atoms with E-state index < -0.39 is 0 Å². The lowest BCUT2D eigenvalue weighted by atomic mass is 10.2. The summed E-state index contributed by atoms with van der Waals surface area (Å²) in [4.78, 5) is 13.2. The van der Waals surface area contributed by atoms with Gasteiger partial charge in [0.1, 0.15) is 5.69 Å². The van der Waals surface area contributed by atoms with E-state index >= 15 is 0 Å². The van der Waals surface area contributed by atoms with Crippen molar-refractivity contribution in [3.05, 3.63) is 60.6 Å². The van der Waals surface area contributed by atoms with E-state index in [-0.39, 0.29) is 1.43 Å². The predicted molar refractivity (Wildman–Crippen MR) is 97.4 cm³/mol. The number of nitrogens with zero attached hydrogens (tertiary/aromatic N) is 5. The third-order valence-electron chi connectivity index (χ3n) is 3.85. The first kappa shape index (κ1) is 15.9. The van der Waals surface area contributed by atoms with Crippen molar-refractivity contribution in [1.82, 2.24) is 25.1 Å². The summed E-state index contributed by atoms with van der Waals surface area (Å²) in [5, 5.41) is 8.25. The quantitative estimate of drug-likeness (QED) is 0.554. The molecule has 0 spiro atoms. The molecule has 0 unspecified atom stereocenters. The molecule has 0 saturated heterocycles. The minimum absolute atomic E-state index is 0. The zero-order valence-electron chi connectivity index (χ0n) is 14.2. The molecule has 130 valence electrons. The van der Waals surface area contributed by atoms with E-state index in [9.17, 15) is 0 Å². The zero-order chi connectivity index (χ0) is 17.9. The van der Waals surface area contributed by atoms with Crippen LogP contribution in [0.15, 0.2) is 59.3 Å². The lowest BCUT2D eigenvalue weighted by Gasteiger charge is -2.05. The summed E-state index contributed by atoms with van der Waals surface area (Å²) in [5.41, 5.74) is 3.60. The molecule has 3 aromatic heterocycles. The molecular weight excluding hydrogens is 330 g/mol. The van der Waals surface area contributed by atoms with Crippen LogP contribution in [0.25, 0.3) is 34.3 Å². The first-order chi connectivity index (χ1) is 12.7. The number of aryl methyl sites for hydroxylation is 1. The van der Waals surface area contributed by atoms with Crippen molar-refractivity contribution in [3.63, 3.8) is 0 Å². The van der Waals surface area contributed by atoms with Gasteiger partial charge < -0.3 is 9.15 Å². The summed E-state index contributed by atoms with van der Waals surface area (Å²) in [6.07, 6.45) is 3.38. The Labute approximate surface area is 151 Å². The van der Waals surface area contributed by atoms with Crippen LogP contribution in [0.3, 0.4) is 0 Å². The van der Waals surface area contributed by atoms with Crippen LogP contribution in [0.5, 0.6) is 5.88 Å². The second kappa shape index (κ2) is 6.72. The maximum Gasteiger partial charge on any atom is 0.268 e. The van der Waals surface area contributed by atoms with Gasteiger partial charge in [-0.1, -0.05) is 18.2 Å². The Morgan fingerprint density at radius 2 is 1.69 bits per heavy atom. The Kier molecular flexibility index (Phi) is 4.10. The molecule has 0 fully saturated rings. The van der Waals surface area contributed by atoms with E-state index in [1.54, 1.807) is 25.6 Å². The molecule has 3 heterocycles.